The number of para-hydroxylation sites is 1. The zero-order valence-corrected chi connectivity index (χ0v) is 18.9. The van der Waals surface area contributed by atoms with Gasteiger partial charge < -0.3 is 14.4 Å². The number of anilines is 1. The van der Waals surface area contributed by atoms with Crippen molar-refractivity contribution in [3.63, 3.8) is 0 Å². The summed E-state index contributed by atoms with van der Waals surface area (Å²) in [4.78, 5) is 26.7. The van der Waals surface area contributed by atoms with Crippen LogP contribution in [0.5, 0.6) is 0 Å². The Hall–Kier alpha value is -2.75. The van der Waals surface area contributed by atoms with Crippen molar-refractivity contribution in [2.45, 2.75) is 37.4 Å². The molecule has 0 bridgehead atoms. The normalized spacial score (nSPS) is 21.2. The highest BCUT2D eigenvalue weighted by molar-refractivity contribution is 7.89. The van der Waals surface area contributed by atoms with Crippen LogP contribution in [0.25, 0.3) is 0 Å². The van der Waals surface area contributed by atoms with E-state index in [0.29, 0.717) is 6.54 Å². The van der Waals surface area contributed by atoms with Gasteiger partial charge >= 0.3 is 5.97 Å². The number of fused-ring (bicyclic) bond motifs is 1. The second kappa shape index (κ2) is 9.01. The maximum Gasteiger partial charge on any atom is 0.338 e. The summed E-state index contributed by atoms with van der Waals surface area (Å²) in [6, 6.07) is 13.3. The van der Waals surface area contributed by atoms with Crippen LogP contribution in [0.15, 0.2) is 53.4 Å². The van der Waals surface area contributed by atoms with Gasteiger partial charge in [0.1, 0.15) is 0 Å². The van der Waals surface area contributed by atoms with Gasteiger partial charge in [-0.25, -0.2) is 13.2 Å². The van der Waals surface area contributed by atoms with Crippen molar-refractivity contribution < 1.29 is 27.5 Å². The largest absolute Gasteiger partial charge is 0.452 e. The van der Waals surface area contributed by atoms with Crippen LogP contribution in [0.1, 0.15) is 29.8 Å². The predicted molar refractivity (Wildman–Crippen MR) is 118 cm³/mol. The fraction of sp³-hybridized carbons (Fsp3) is 0.391. The molecular formula is C23H26N2O6S. The van der Waals surface area contributed by atoms with Crippen LogP contribution >= 0.6 is 0 Å². The van der Waals surface area contributed by atoms with E-state index in [0.717, 1.165) is 17.7 Å². The van der Waals surface area contributed by atoms with Gasteiger partial charge in [-0.2, -0.15) is 4.31 Å². The molecule has 0 saturated carbocycles. The van der Waals surface area contributed by atoms with Gasteiger partial charge in [0.2, 0.25) is 10.0 Å². The Labute approximate surface area is 187 Å². The minimum atomic E-state index is -3.79. The number of hydrogen-bond donors (Lipinski definition) is 0. The molecule has 9 heteroatoms. The van der Waals surface area contributed by atoms with Crippen molar-refractivity contribution in [1.29, 1.82) is 0 Å². The summed E-state index contributed by atoms with van der Waals surface area (Å²) in [5.74, 6) is -1.06. The van der Waals surface area contributed by atoms with Crippen LogP contribution in [0.3, 0.4) is 0 Å². The zero-order valence-electron chi connectivity index (χ0n) is 18.1. The van der Waals surface area contributed by atoms with E-state index in [1.807, 2.05) is 38.1 Å². The summed E-state index contributed by atoms with van der Waals surface area (Å²) in [5.41, 5.74) is 1.99. The molecule has 2 aliphatic rings. The third kappa shape index (κ3) is 4.55. The van der Waals surface area contributed by atoms with E-state index in [1.165, 1.54) is 28.6 Å². The fourth-order valence-electron chi connectivity index (χ4n) is 4.15. The SMILES string of the molecule is C[C@@H]1CN(S(=O)(=O)c2cccc(C(=O)OCC(=O)N3CCc4ccccc43)c2)C[C@H](C)O1. The maximum atomic E-state index is 13.1. The lowest BCUT2D eigenvalue weighted by Crippen LogP contribution is -2.48. The van der Waals surface area contributed by atoms with Gasteiger partial charge in [0.05, 0.1) is 22.7 Å². The van der Waals surface area contributed by atoms with Crippen LogP contribution in [0, 0.1) is 0 Å². The number of morpholine rings is 1. The lowest BCUT2D eigenvalue weighted by atomic mass is 10.2. The van der Waals surface area contributed by atoms with Gasteiger partial charge in [0.25, 0.3) is 5.91 Å². The number of nitrogens with zero attached hydrogens (tertiary/aromatic N) is 2. The number of carbonyl (C=O) groups excluding carboxylic acids is 2. The van der Waals surface area contributed by atoms with Crippen molar-refractivity contribution in [3.8, 4) is 0 Å². The molecule has 2 aliphatic heterocycles. The molecule has 2 heterocycles. The number of esters is 1. The average Bonchev–Trinajstić information content (AvgIpc) is 3.21. The standard InChI is InChI=1S/C23H26N2O6S/c1-16-13-24(14-17(2)31-16)32(28,29)20-8-5-7-19(12-20)23(27)30-15-22(26)25-11-10-18-6-3-4-9-21(18)25/h3-9,12,16-17H,10-11,13-15H2,1-2H3/t16-,17+. The quantitative estimate of drug-likeness (QED) is 0.638. The van der Waals surface area contributed by atoms with E-state index in [1.54, 1.807) is 4.90 Å². The third-order valence-corrected chi connectivity index (χ3v) is 7.44. The molecule has 32 heavy (non-hydrogen) atoms. The van der Waals surface area contributed by atoms with Crippen LogP contribution < -0.4 is 4.90 Å². The molecule has 1 fully saturated rings. The molecule has 2 aromatic carbocycles. The minimum absolute atomic E-state index is 0.00745. The van der Waals surface area contributed by atoms with Crippen molar-refractivity contribution in [1.82, 2.24) is 4.31 Å². The number of rotatable bonds is 5. The molecule has 4 rings (SSSR count). The highest BCUT2D eigenvalue weighted by Gasteiger charge is 2.32. The second-order valence-electron chi connectivity index (χ2n) is 8.11. The first-order valence-corrected chi connectivity index (χ1v) is 12.0. The van der Waals surface area contributed by atoms with Gasteiger partial charge in [-0.1, -0.05) is 24.3 Å². The maximum absolute atomic E-state index is 13.1. The van der Waals surface area contributed by atoms with E-state index >= 15 is 0 Å². The van der Waals surface area contributed by atoms with Gasteiger partial charge in [-0.3, -0.25) is 4.79 Å². The highest BCUT2D eigenvalue weighted by Crippen LogP contribution is 2.27. The van der Waals surface area contributed by atoms with Crippen LogP contribution in [-0.2, 0) is 30.7 Å². The van der Waals surface area contributed by atoms with Crippen LogP contribution in [0.4, 0.5) is 5.69 Å². The Balaban J connectivity index is 1.43. The topological polar surface area (TPSA) is 93.2 Å². The summed E-state index contributed by atoms with van der Waals surface area (Å²) in [6.07, 6.45) is 0.320. The molecule has 0 unspecified atom stereocenters. The van der Waals surface area contributed by atoms with Crippen molar-refractivity contribution >= 4 is 27.6 Å². The van der Waals surface area contributed by atoms with E-state index in [9.17, 15) is 18.0 Å². The number of sulfonamides is 1. The summed E-state index contributed by atoms with van der Waals surface area (Å²) in [6.45, 7) is 4.26. The highest BCUT2D eigenvalue weighted by atomic mass is 32.2. The monoisotopic (exact) mass is 458 g/mol. The summed E-state index contributed by atoms with van der Waals surface area (Å²) < 4.78 is 38.3. The second-order valence-corrected chi connectivity index (χ2v) is 10.0. The Morgan fingerprint density at radius 1 is 1.06 bits per heavy atom. The summed E-state index contributed by atoms with van der Waals surface area (Å²) in [7, 11) is -3.79. The number of hydrogen-bond acceptors (Lipinski definition) is 6. The molecule has 0 aromatic heterocycles. The van der Waals surface area contributed by atoms with Gasteiger partial charge in [-0.15, -0.1) is 0 Å². The fourth-order valence-corrected chi connectivity index (χ4v) is 5.78. The van der Waals surface area contributed by atoms with Crippen molar-refractivity contribution in [2.75, 3.05) is 31.1 Å². The lowest BCUT2D eigenvalue weighted by Gasteiger charge is -2.34. The number of carbonyl (C=O) groups is 2. The van der Waals surface area contributed by atoms with Crippen LogP contribution in [-0.4, -0.2) is 63.0 Å². The zero-order chi connectivity index (χ0) is 22.9. The van der Waals surface area contributed by atoms with Crippen LogP contribution in [0.2, 0.25) is 0 Å². The Morgan fingerprint density at radius 2 is 1.78 bits per heavy atom. The third-order valence-electron chi connectivity index (χ3n) is 5.61. The first-order chi connectivity index (χ1) is 15.3. The predicted octanol–water partition coefficient (Wildman–Crippen LogP) is 2.23. The van der Waals surface area contributed by atoms with Gasteiger partial charge in [0.15, 0.2) is 6.61 Å². The average molecular weight is 459 g/mol. The van der Waals surface area contributed by atoms with Gasteiger partial charge in [-0.05, 0) is 50.1 Å². The minimum Gasteiger partial charge on any atom is -0.452 e. The Bertz CT molecular complexity index is 1120. The molecule has 0 N–H and O–H groups in total. The molecule has 0 spiro atoms. The first kappa shape index (κ1) is 22.4. The van der Waals surface area contributed by atoms with E-state index in [-0.39, 0.29) is 41.7 Å². The molecule has 0 aliphatic carbocycles. The smallest absolute Gasteiger partial charge is 0.338 e. The Kier molecular flexibility index (Phi) is 6.32. The molecule has 170 valence electrons. The molecule has 2 atom stereocenters. The number of amides is 1. The molecule has 2 aromatic rings. The Morgan fingerprint density at radius 3 is 2.53 bits per heavy atom. The number of ether oxygens (including phenoxy) is 2. The summed E-state index contributed by atoms with van der Waals surface area (Å²) in [5, 5.41) is 0. The number of benzene rings is 2. The van der Waals surface area contributed by atoms with Gasteiger partial charge in [0, 0.05) is 25.3 Å². The van der Waals surface area contributed by atoms with E-state index in [2.05, 4.69) is 0 Å². The van der Waals surface area contributed by atoms with Crippen molar-refractivity contribution in [2.24, 2.45) is 0 Å². The molecule has 1 saturated heterocycles. The molecule has 1 amide bonds. The molecule has 0 radical (unpaired) electrons. The first-order valence-electron chi connectivity index (χ1n) is 10.6. The van der Waals surface area contributed by atoms with Crippen molar-refractivity contribution in [3.05, 3.63) is 59.7 Å². The van der Waals surface area contributed by atoms with E-state index in [4.69, 9.17) is 9.47 Å². The summed E-state index contributed by atoms with van der Waals surface area (Å²) >= 11 is 0. The molecular weight excluding hydrogens is 432 g/mol. The molecule has 8 nitrogen and oxygen atoms in total. The lowest BCUT2D eigenvalue weighted by molar-refractivity contribution is -0.121. The van der Waals surface area contributed by atoms with E-state index < -0.39 is 22.6 Å².